The fraction of sp³-hybridized carbons (Fsp3) is 0.231. The van der Waals surface area contributed by atoms with Gasteiger partial charge in [0.25, 0.3) is 0 Å². The van der Waals surface area contributed by atoms with E-state index in [0.717, 1.165) is 13.0 Å². The van der Waals surface area contributed by atoms with E-state index in [1.807, 2.05) is 10.8 Å². The number of anilines is 2. The second-order valence-corrected chi connectivity index (χ2v) is 4.60. The minimum Gasteiger partial charge on any atom is -0.399 e. The maximum absolute atomic E-state index is 11.8. The van der Waals surface area contributed by atoms with Crippen LogP contribution >= 0.6 is 11.6 Å². The van der Waals surface area contributed by atoms with Crippen LogP contribution in [0.15, 0.2) is 36.9 Å². The Balaban J connectivity index is 1.80. The van der Waals surface area contributed by atoms with Crippen LogP contribution in [0.1, 0.15) is 12.8 Å². The first-order valence-electron chi connectivity index (χ1n) is 5.96. The van der Waals surface area contributed by atoms with Crippen LogP contribution in [0.25, 0.3) is 0 Å². The number of nitrogens with zero attached hydrogens (tertiary/aromatic N) is 2. The summed E-state index contributed by atoms with van der Waals surface area (Å²) in [6.07, 6.45) is 6.49. The summed E-state index contributed by atoms with van der Waals surface area (Å²) >= 11 is 5.98. The third-order valence-electron chi connectivity index (χ3n) is 2.65. The lowest BCUT2D eigenvalue weighted by Crippen LogP contribution is -2.12. The van der Waals surface area contributed by atoms with E-state index in [2.05, 4.69) is 10.3 Å². The van der Waals surface area contributed by atoms with Crippen molar-refractivity contribution in [3.8, 4) is 0 Å². The Bertz CT molecular complexity index is 554. The van der Waals surface area contributed by atoms with E-state index < -0.39 is 0 Å². The molecule has 0 unspecified atom stereocenters. The number of imidazole rings is 1. The number of carbonyl (C=O) groups excluding carboxylic acids is 1. The SMILES string of the molecule is Nc1ccc(NC(=O)CCCn2ccnc2)c(Cl)c1. The van der Waals surface area contributed by atoms with Crippen molar-refractivity contribution in [3.63, 3.8) is 0 Å². The number of rotatable bonds is 5. The molecule has 0 bridgehead atoms. The maximum Gasteiger partial charge on any atom is 0.224 e. The summed E-state index contributed by atoms with van der Waals surface area (Å²) < 4.78 is 1.93. The second-order valence-electron chi connectivity index (χ2n) is 4.19. The van der Waals surface area contributed by atoms with Crippen LogP contribution in [0.2, 0.25) is 5.02 Å². The van der Waals surface area contributed by atoms with Gasteiger partial charge in [0.05, 0.1) is 17.0 Å². The predicted molar refractivity (Wildman–Crippen MR) is 76.0 cm³/mol. The van der Waals surface area contributed by atoms with Crippen LogP contribution in [0.4, 0.5) is 11.4 Å². The lowest BCUT2D eigenvalue weighted by Gasteiger charge is -2.08. The summed E-state index contributed by atoms with van der Waals surface area (Å²) in [5, 5.41) is 3.21. The maximum atomic E-state index is 11.8. The third-order valence-corrected chi connectivity index (χ3v) is 2.96. The fourth-order valence-electron chi connectivity index (χ4n) is 1.69. The van der Waals surface area contributed by atoms with E-state index in [9.17, 15) is 4.79 Å². The summed E-state index contributed by atoms with van der Waals surface area (Å²) in [5.74, 6) is -0.0632. The van der Waals surface area contributed by atoms with Crippen molar-refractivity contribution in [2.45, 2.75) is 19.4 Å². The Morgan fingerprint density at radius 1 is 1.47 bits per heavy atom. The van der Waals surface area contributed by atoms with Gasteiger partial charge < -0.3 is 15.6 Å². The number of aromatic nitrogens is 2. The molecule has 0 saturated heterocycles. The summed E-state index contributed by atoms with van der Waals surface area (Å²) in [6.45, 7) is 0.767. The molecule has 2 aromatic rings. The van der Waals surface area contributed by atoms with Gasteiger partial charge in [-0.15, -0.1) is 0 Å². The highest BCUT2D eigenvalue weighted by Gasteiger charge is 2.06. The molecule has 0 atom stereocenters. The van der Waals surface area contributed by atoms with Crippen molar-refractivity contribution < 1.29 is 4.79 Å². The van der Waals surface area contributed by atoms with E-state index >= 15 is 0 Å². The van der Waals surface area contributed by atoms with Gasteiger partial charge in [-0.05, 0) is 24.6 Å². The number of nitrogens with one attached hydrogen (secondary N) is 1. The predicted octanol–water partition coefficient (Wildman–Crippen LogP) is 2.54. The normalized spacial score (nSPS) is 10.4. The molecule has 2 rings (SSSR count). The van der Waals surface area contributed by atoms with Crippen molar-refractivity contribution in [1.82, 2.24) is 9.55 Å². The summed E-state index contributed by atoms with van der Waals surface area (Å²) in [4.78, 5) is 15.7. The van der Waals surface area contributed by atoms with Crippen LogP contribution in [-0.2, 0) is 11.3 Å². The van der Waals surface area contributed by atoms with Gasteiger partial charge in [-0.1, -0.05) is 11.6 Å². The van der Waals surface area contributed by atoms with Crippen LogP contribution in [-0.4, -0.2) is 15.5 Å². The van der Waals surface area contributed by atoms with Crippen molar-refractivity contribution in [1.29, 1.82) is 0 Å². The van der Waals surface area contributed by atoms with Crippen LogP contribution < -0.4 is 11.1 Å². The van der Waals surface area contributed by atoms with Gasteiger partial charge in [-0.25, -0.2) is 4.98 Å². The lowest BCUT2D eigenvalue weighted by atomic mass is 10.2. The summed E-state index contributed by atoms with van der Waals surface area (Å²) in [5.41, 5.74) is 6.75. The van der Waals surface area contributed by atoms with E-state index in [-0.39, 0.29) is 5.91 Å². The smallest absolute Gasteiger partial charge is 0.224 e. The number of nitrogens with two attached hydrogens (primary N) is 1. The Morgan fingerprint density at radius 3 is 3.00 bits per heavy atom. The zero-order valence-electron chi connectivity index (χ0n) is 10.3. The molecule has 0 spiro atoms. The Morgan fingerprint density at radius 2 is 2.32 bits per heavy atom. The molecule has 0 saturated carbocycles. The van der Waals surface area contributed by atoms with Gasteiger partial charge in [0.1, 0.15) is 0 Å². The monoisotopic (exact) mass is 278 g/mol. The number of hydrogen-bond donors (Lipinski definition) is 2. The minimum absolute atomic E-state index is 0.0632. The van der Waals surface area contributed by atoms with Crippen molar-refractivity contribution >= 4 is 28.9 Å². The number of carbonyl (C=O) groups is 1. The molecule has 0 aliphatic heterocycles. The van der Waals surface area contributed by atoms with Gasteiger partial charge in [0.2, 0.25) is 5.91 Å². The average Bonchev–Trinajstić information content (AvgIpc) is 2.86. The van der Waals surface area contributed by atoms with Crippen molar-refractivity contribution in [2.24, 2.45) is 0 Å². The topological polar surface area (TPSA) is 72.9 Å². The molecular weight excluding hydrogens is 264 g/mol. The van der Waals surface area contributed by atoms with Gasteiger partial charge in [0.15, 0.2) is 0 Å². The zero-order chi connectivity index (χ0) is 13.7. The second kappa shape index (κ2) is 6.24. The molecule has 5 nitrogen and oxygen atoms in total. The molecule has 3 N–H and O–H groups in total. The molecule has 1 amide bonds. The minimum atomic E-state index is -0.0632. The molecule has 1 aromatic carbocycles. The van der Waals surface area contributed by atoms with Crippen molar-refractivity contribution in [2.75, 3.05) is 11.1 Å². The van der Waals surface area contributed by atoms with E-state index in [1.165, 1.54) is 0 Å². The lowest BCUT2D eigenvalue weighted by molar-refractivity contribution is -0.116. The molecule has 100 valence electrons. The Kier molecular flexibility index (Phi) is 4.41. The molecular formula is C13H15ClN4O. The molecule has 0 radical (unpaired) electrons. The molecule has 1 heterocycles. The van der Waals surface area contributed by atoms with Gasteiger partial charge in [0, 0.05) is 31.0 Å². The first kappa shape index (κ1) is 13.4. The standard InChI is InChI=1S/C13H15ClN4O/c14-11-8-10(15)3-4-12(11)17-13(19)2-1-6-18-7-5-16-9-18/h3-5,7-9H,1-2,6,15H2,(H,17,19). The number of amides is 1. The van der Waals surface area contributed by atoms with Gasteiger partial charge >= 0.3 is 0 Å². The van der Waals surface area contributed by atoms with E-state index in [1.54, 1.807) is 30.7 Å². The third kappa shape index (κ3) is 3.99. The fourth-order valence-corrected chi connectivity index (χ4v) is 1.92. The highest BCUT2D eigenvalue weighted by molar-refractivity contribution is 6.34. The number of nitrogen functional groups attached to an aromatic ring is 1. The van der Waals surface area contributed by atoms with Crippen LogP contribution in [0.3, 0.4) is 0 Å². The summed E-state index contributed by atoms with van der Waals surface area (Å²) in [6, 6.07) is 5.01. The van der Waals surface area contributed by atoms with Crippen LogP contribution in [0.5, 0.6) is 0 Å². The molecule has 19 heavy (non-hydrogen) atoms. The Labute approximate surface area is 116 Å². The largest absolute Gasteiger partial charge is 0.399 e. The highest BCUT2D eigenvalue weighted by atomic mass is 35.5. The summed E-state index contributed by atoms with van der Waals surface area (Å²) in [7, 11) is 0. The quantitative estimate of drug-likeness (QED) is 0.826. The van der Waals surface area contributed by atoms with Crippen LogP contribution in [0, 0.1) is 0 Å². The molecule has 0 aliphatic rings. The number of aryl methyl sites for hydroxylation is 1. The molecule has 0 aliphatic carbocycles. The van der Waals surface area contributed by atoms with Gasteiger partial charge in [-0.3, -0.25) is 4.79 Å². The van der Waals surface area contributed by atoms with Crippen molar-refractivity contribution in [3.05, 3.63) is 41.9 Å². The average molecular weight is 279 g/mol. The molecule has 0 fully saturated rings. The highest BCUT2D eigenvalue weighted by Crippen LogP contribution is 2.24. The number of hydrogen-bond acceptors (Lipinski definition) is 3. The Hall–Kier alpha value is -2.01. The first-order valence-corrected chi connectivity index (χ1v) is 6.33. The number of benzene rings is 1. The molecule has 1 aromatic heterocycles. The zero-order valence-corrected chi connectivity index (χ0v) is 11.1. The first-order chi connectivity index (χ1) is 9.15. The molecule has 6 heteroatoms. The van der Waals surface area contributed by atoms with E-state index in [4.69, 9.17) is 17.3 Å². The van der Waals surface area contributed by atoms with E-state index in [0.29, 0.717) is 22.8 Å². The number of halogens is 1. The van der Waals surface area contributed by atoms with Gasteiger partial charge in [-0.2, -0.15) is 0 Å².